The molecule has 0 saturated carbocycles. The molecule has 0 aliphatic carbocycles. The topological polar surface area (TPSA) is 75.8 Å². The van der Waals surface area contributed by atoms with Crippen LogP contribution in [0.3, 0.4) is 0 Å². The van der Waals surface area contributed by atoms with Crippen molar-refractivity contribution in [3.63, 3.8) is 0 Å². The van der Waals surface area contributed by atoms with Crippen molar-refractivity contribution in [3.05, 3.63) is 24.3 Å². The first kappa shape index (κ1) is 12.7. The second kappa shape index (κ2) is 5.73. The van der Waals surface area contributed by atoms with Gasteiger partial charge in [0.25, 0.3) is 5.91 Å². The first-order valence-corrected chi connectivity index (χ1v) is 6.09. The van der Waals surface area contributed by atoms with Crippen LogP contribution in [0.1, 0.15) is 12.8 Å². The second-order valence-corrected chi connectivity index (χ2v) is 4.47. The van der Waals surface area contributed by atoms with Crippen molar-refractivity contribution in [2.75, 3.05) is 25.4 Å². The van der Waals surface area contributed by atoms with Crippen LogP contribution in [0.4, 0.5) is 5.69 Å². The number of amides is 1. The minimum Gasteiger partial charge on any atom is -0.484 e. The molecule has 5 heteroatoms. The maximum absolute atomic E-state index is 11.9. The summed E-state index contributed by atoms with van der Waals surface area (Å²) >= 11 is 0. The van der Waals surface area contributed by atoms with Crippen LogP contribution in [0, 0.1) is 0 Å². The van der Waals surface area contributed by atoms with Gasteiger partial charge in [0.05, 0.1) is 6.10 Å². The van der Waals surface area contributed by atoms with Crippen LogP contribution in [0.15, 0.2) is 24.3 Å². The van der Waals surface area contributed by atoms with Gasteiger partial charge in [-0.25, -0.2) is 0 Å². The van der Waals surface area contributed by atoms with Crippen LogP contribution in [0.2, 0.25) is 0 Å². The molecule has 1 heterocycles. The normalized spacial score (nSPS) is 16.6. The van der Waals surface area contributed by atoms with Gasteiger partial charge in [0.15, 0.2) is 6.61 Å². The molecule has 0 radical (unpaired) electrons. The zero-order valence-electron chi connectivity index (χ0n) is 10.2. The summed E-state index contributed by atoms with van der Waals surface area (Å²) in [4.78, 5) is 13.6. The lowest BCUT2D eigenvalue weighted by Gasteiger charge is -2.29. The average molecular weight is 250 g/mol. The number of aliphatic hydroxyl groups is 1. The minimum absolute atomic E-state index is 0.0134. The summed E-state index contributed by atoms with van der Waals surface area (Å²) in [5.74, 6) is 0.546. The molecule has 1 aliphatic rings. The van der Waals surface area contributed by atoms with E-state index in [1.165, 1.54) is 0 Å². The summed E-state index contributed by atoms with van der Waals surface area (Å²) in [6, 6.07) is 7.00. The predicted molar refractivity (Wildman–Crippen MR) is 68.2 cm³/mol. The smallest absolute Gasteiger partial charge is 0.260 e. The molecule has 1 saturated heterocycles. The molecule has 1 aromatic rings. The van der Waals surface area contributed by atoms with E-state index < -0.39 is 0 Å². The number of carbonyl (C=O) groups excluding carboxylic acids is 1. The van der Waals surface area contributed by atoms with E-state index in [0.29, 0.717) is 37.4 Å². The molecule has 18 heavy (non-hydrogen) atoms. The van der Waals surface area contributed by atoms with Crippen LogP contribution in [0.5, 0.6) is 5.75 Å². The molecule has 5 nitrogen and oxygen atoms in total. The van der Waals surface area contributed by atoms with Gasteiger partial charge >= 0.3 is 0 Å². The SMILES string of the molecule is Nc1cccc(OCC(=O)N2CCC(O)CC2)c1. The first-order chi connectivity index (χ1) is 8.65. The maximum atomic E-state index is 11.9. The van der Waals surface area contributed by atoms with E-state index in [2.05, 4.69) is 0 Å². The molecule has 3 N–H and O–H groups in total. The Morgan fingerprint density at radius 1 is 1.44 bits per heavy atom. The molecule has 0 aromatic heterocycles. The van der Waals surface area contributed by atoms with Crippen molar-refractivity contribution >= 4 is 11.6 Å². The lowest BCUT2D eigenvalue weighted by atomic mass is 10.1. The Morgan fingerprint density at radius 2 is 2.17 bits per heavy atom. The Balaban J connectivity index is 1.81. The van der Waals surface area contributed by atoms with Crippen molar-refractivity contribution in [1.82, 2.24) is 4.90 Å². The van der Waals surface area contributed by atoms with Gasteiger partial charge in [0.1, 0.15) is 5.75 Å². The van der Waals surface area contributed by atoms with Crippen molar-refractivity contribution < 1.29 is 14.6 Å². The van der Waals surface area contributed by atoms with Crippen LogP contribution < -0.4 is 10.5 Å². The number of likely N-dealkylation sites (tertiary alicyclic amines) is 1. The number of nitrogens with zero attached hydrogens (tertiary/aromatic N) is 1. The third-order valence-electron chi connectivity index (χ3n) is 3.04. The number of hydrogen-bond donors (Lipinski definition) is 2. The lowest BCUT2D eigenvalue weighted by molar-refractivity contribution is -0.135. The molecule has 1 fully saturated rings. The van der Waals surface area contributed by atoms with Crippen molar-refractivity contribution in [3.8, 4) is 5.75 Å². The number of ether oxygens (including phenoxy) is 1. The highest BCUT2D eigenvalue weighted by atomic mass is 16.5. The van der Waals surface area contributed by atoms with E-state index >= 15 is 0 Å². The fraction of sp³-hybridized carbons (Fsp3) is 0.462. The van der Waals surface area contributed by atoms with Crippen molar-refractivity contribution in [1.29, 1.82) is 0 Å². The molecule has 0 bridgehead atoms. The first-order valence-electron chi connectivity index (χ1n) is 6.09. The Hall–Kier alpha value is -1.75. The molecule has 2 rings (SSSR count). The summed E-state index contributed by atoms with van der Waals surface area (Å²) in [5, 5.41) is 9.36. The zero-order chi connectivity index (χ0) is 13.0. The van der Waals surface area contributed by atoms with Gasteiger partial charge in [-0.3, -0.25) is 4.79 Å². The Bertz CT molecular complexity index is 414. The summed E-state index contributed by atoms with van der Waals surface area (Å²) in [5.41, 5.74) is 6.23. The molecule has 0 atom stereocenters. The van der Waals surface area contributed by atoms with E-state index in [1.807, 2.05) is 0 Å². The minimum atomic E-state index is -0.274. The number of nitrogen functional groups attached to an aromatic ring is 1. The molecule has 98 valence electrons. The van der Waals surface area contributed by atoms with Crippen LogP contribution in [0.25, 0.3) is 0 Å². The van der Waals surface area contributed by atoms with Gasteiger partial charge in [-0.1, -0.05) is 6.07 Å². The van der Waals surface area contributed by atoms with Gasteiger partial charge in [-0.05, 0) is 25.0 Å². The molecular weight excluding hydrogens is 232 g/mol. The second-order valence-electron chi connectivity index (χ2n) is 4.47. The summed E-state index contributed by atoms with van der Waals surface area (Å²) in [7, 11) is 0. The van der Waals surface area contributed by atoms with Crippen LogP contribution >= 0.6 is 0 Å². The fourth-order valence-corrected chi connectivity index (χ4v) is 1.96. The number of hydrogen-bond acceptors (Lipinski definition) is 4. The van der Waals surface area contributed by atoms with E-state index in [-0.39, 0.29) is 18.6 Å². The summed E-state index contributed by atoms with van der Waals surface area (Å²) in [6.45, 7) is 1.21. The molecular formula is C13H18N2O3. The number of benzene rings is 1. The highest BCUT2D eigenvalue weighted by Gasteiger charge is 2.21. The standard InChI is InChI=1S/C13H18N2O3/c14-10-2-1-3-12(8-10)18-9-13(17)15-6-4-11(16)5-7-15/h1-3,8,11,16H,4-7,9,14H2. The number of anilines is 1. The third kappa shape index (κ3) is 3.37. The third-order valence-corrected chi connectivity index (χ3v) is 3.04. The van der Waals surface area contributed by atoms with Crippen LogP contribution in [-0.2, 0) is 4.79 Å². The predicted octanol–water partition coefficient (Wildman–Crippen LogP) is 0.631. The molecule has 0 spiro atoms. The Kier molecular flexibility index (Phi) is 4.04. The Morgan fingerprint density at radius 3 is 2.83 bits per heavy atom. The monoisotopic (exact) mass is 250 g/mol. The summed E-state index contributed by atoms with van der Waals surface area (Å²) in [6.07, 6.45) is 1.01. The fourth-order valence-electron chi connectivity index (χ4n) is 1.96. The van der Waals surface area contributed by atoms with Crippen molar-refractivity contribution in [2.24, 2.45) is 0 Å². The van der Waals surface area contributed by atoms with E-state index in [4.69, 9.17) is 10.5 Å². The molecule has 0 unspecified atom stereocenters. The van der Waals surface area contributed by atoms with E-state index in [0.717, 1.165) is 0 Å². The van der Waals surface area contributed by atoms with E-state index in [1.54, 1.807) is 29.2 Å². The van der Waals surface area contributed by atoms with Gasteiger partial charge in [-0.15, -0.1) is 0 Å². The number of rotatable bonds is 3. The molecule has 1 aromatic carbocycles. The number of piperidine rings is 1. The zero-order valence-corrected chi connectivity index (χ0v) is 10.2. The Labute approximate surface area is 106 Å². The summed E-state index contributed by atoms with van der Waals surface area (Å²) < 4.78 is 5.39. The number of aliphatic hydroxyl groups excluding tert-OH is 1. The number of carbonyl (C=O) groups is 1. The van der Waals surface area contributed by atoms with E-state index in [9.17, 15) is 9.90 Å². The largest absolute Gasteiger partial charge is 0.484 e. The lowest BCUT2D eigenvalue weighted by Crippen LogP contribution is -2.42. The number of nitrogens with two attached hydrogens (primary N) is 1. The molecule has 1 amide bonds. The van der Waals surface area contributed by atoms with Gasteiger partial charge in [-0.2, -0.15) is 0 Å². The highest BCUT2D eigenvalue weighted by molar-refractivity contribution is 5.77. The molecule has 1 aliphatic heterocycles. The average Bonchev–Trinajstić information content (AvgIpc) is 2.37. The van der Waals surface area contributed by atoms with Gasteiger partial charge in [0.2, 0.25) is 0 Å². The highest BCUT2D eigenvalue weighted by Crippen LogP contribution is 2.15. The van der Waals surface area contributed by atoms with Crippen LogP contribution in [-0.4, -0.2) is 41.7 Å². The van der Waals surface area contributed by atoms with Gasteiger partial charge < -0.3 is 20.5 Å². The quantitative estimate of drug-likeness (QED) is 0.772. The van der Waals surface area contributed by atoms with Crippen molar-refractivity contribution in [2.45, 2.75) is 18.9 Å². The maximum Gasteiger partial charge on any atom is 0.260 e. The van der Waals surface area contributed by atoms with Gasteiger partial charge in [0, 0.05) is 24.8 Å².